The van der Waals surface area contributed by atoms with Crippen LogP contribution in [0.15, 0.2) is 106 Å². The van der Waals surface area contributed by atoms with Crippen molar-refractivity contribution < 1.29 is 60.8 Å². The number of anilines is 1. The number of amides is 2. The summed E-state index contributed by atoms with van der Waals surface area (Å²) in [5, 5.41) is 4.12. The fraction of sp³-hybridized carbons (Fsp3) is 0.720. The molecule has 2 N–H and O–H groups in total. The third kappa shape index (κ3) is 42.6. The zero-order chi connectivity index (χ0) is 95.4. The van der Waals surface area contributed by atoms with Crippen molar-refractivity contribution in [1.29, 1.82) is 0 Å². The number of benzene rings is 3. The van der Waals surface area contributed by atoms with Gasteiger partial charge in [-0.25, -0.2) is 20.7 Å². The van der Waals surface area contributed by atoms with Gasteiger partial charge in [0.25, 0.3) is 19.8 Å². The maximum absolute atomic E-state index is 15.3. The minimum Gasteiger partial charge on any atom is -0.490 e. The standard InChI is InChI=1S/C107H172N7O16PSSi/c1-11-15-18-21-24-27-30-33-36-39-42-45-48-51-54-63-76-122-94-81-88(82-95(123-77-64-55-52-49-46-43-40-37-34-31-28-25-22-19-16-12-2)102(94)125-78-65-56-53-50-47-44-41-38-35-32-29-26-23-20-17-13-3)104(118)112(10)75-79-124-101(116)71-70-98(115)109-97-72-74-113(105(119)110-97)99-84-93(130-133(107(6,7)8,89-66-59-57-60-67-89)90-68-61-58-62-69-90)96(128-99)86-126-131(121,132-80-73-108-9)129-92-83-100(127-91(92)14-4)114-85-87(5)103(117)111-106(114)120/h57-62,66-69,72,74,81-82,85,91-93,96,99-100H,11-56,63-65,70-71,73,75-80,83-84,86H2,1-8,10H3,(H,111,117,120)(H,109,110,115,119)/t91-,92?,93?,96-,99-,100-,131?/m1/s1. The van der Waals surface area contributed by atoms with E-state index in [1.807, 2.05) is 43.3 Å². The molecule has 0 saturated carbocycles. The van der Waals surface area contributed by atoms with E-state index in [4.69, 9.17) is 48.5 Å². The molecule has 2 aromatic heterocycles. The fourth-order valence-electron chi connectivity index (χ4n) is 18.2. The predicted molar refractivity (Wildman–Crippen MR) is 544 cm³/mol. The number of hydrogen-bond acceptors (Lipinski definition) is 18. The molecule has 3 unspecified atom stereocenters. The smallest absolute Gasteiger partial charge is 0.389 e. The Kier molecular flexibility index (Phi) is 56.6. The largest absolute Gasteiger partial charge is 0.490 e. The van der Waals surface area contributed by atoms with E-state index in [-0.39, 0.29) is 69.5 Å². The molecule has 746 valence electrons. The van der Waals surface area contributed by atoms with Crippen molar-refractivity contribution in [2.75, 3.05) is 64.2 Å². The Balaban J connectivity index is 0.983. The fourth-order valence-corrected chi connectivity index (χ4v) is 26.2. The number of rotatable bonds is 77. The summed E-state index contributed by atoms with van der Waals surface area (Å²) in [6, 6.07) is 25.1. The number of carbonyl (C=O) groups is 3. The maximum Gasteiger partial charge on any atom is 0.389 e. The first-order valence-corrected chi connectivity index (χ1v) is 57.4. The molecule has 2 aliphatic rings. The van der Waals surface area contributed by atoms with E-state index >= 15 is 4.57 Å². The van der Waals surface area contributed by atoms with Crippen LogP contribution >= 0.6 is 18.2 Å². The maximum atomic E-state index is 15.3. The zero-order valence-corrected chi connectivity index (χ0v) is 86.1. The van der Waals surface area contributed by atoms with Gasteiger partial charge < -0.3 is 47.9 Å². The Bertz CT molecular complexity index is 4200. The van der Waals surface area contributed by atoms with Crippen LogP contribution in [0, 0.1) is 13.5 Å². The van der Waals surface area contributed by atoms with Crippen LogP contribution in [0.3, 0.4) is 0 Å². The van der Waals surface area contributed by atoms with E-state index in [0.717, 1.165) is 79.5 Å². The zero-order valence-electron chi connectivity index (χ0n) is 83.4. The SMILES string of the molecule is [C-]#[N+]CCSP(=O)(OC[C@H]1O[C@@H](n2ccc(NC(=O)CCC(=O)OCCN(C)C(=O)c3cc(OCCCCCCCCCCCCCCCCCC)c(OCCCCCCCCCCCCCCCCCC)c(OCCCCCCCCCCCCCCCCCC)c3)nc2=O)CC1O[Si](c1ccccc1)(c1ccccc1)C(C)(C)C)OC1C[C@H](n2cc(C)c(=O)[nH]c2=O)O[C@@H]1CC. The molecule has 0 bridgehead atoms. The Morgan fingerprint density at radius 1 is 0.564 bits per heavy atom. The second kappa shape index (κ2) is 66.6. The third-order valence-corrected chi connectivity index (χ3v) is 34.9. The van der Waals surface area contributed by atoms with E-state index in [1.165, 1.54) is 283 Å². The molecule has 133 heavy (non-hydrogen) atoms. The van der Waals surface area contributed by atoms with Crippen molar-refractivity contribution in [1.82, 2.24) is 24.0 Å². The number of H-pyrrole nitrogens is 1. The number of nitrogens with zero attached hydrogens (tertiary/aromatic N) is 5. The molecule has 7 atom stereocenters. The summed E-state index contributed by atoms with van der Waals surface area (Å²) < 4.78 is 77.5. The van der Waals surface area contributed by atoms with Gasteiger partial charge in [0.05, 0.1) is 63.5 Å². The van der Waals surface area contributed by atoms with Crippen LogP contribution < -0.4 is 46.8 Å². The van der Waals surface area contributed by atoms with E-state index in [9.17, 15) is 28.8 Å². The molecule has 7 rings (SSSR count). The predicted octanol–water partition coefficient (Wildman–Crippen LogP) is 26.1. The number of aryl methyl sites for hydroxylation is 1. The Morgan fingerprint density at radius 2 is 0.985 bits per heavy atom. The van der Waals surface area contributed by atoms with Crippen molar-refractivity contribution in [2.45, 2.75) is 438 Å². The number of aromatic amines is 1. The summed E-state index contributed by atoms with van der Waals surface area (Å²) in [5.74, 6) is 0.0105. The number of carbonyl (C=O) groups excluding carboxylic acids is 3. The second-order valence-electron chi connectivity index (χ2n) is 38.3. The topological polar surface area (TPSA) is 261 Å². The quantitative estimate of drug-likeness (QED) is 0.0120. The van der Waals surface area contributed by atoms with Crippen molar-refractivity contribution >= 4 is 60.5 Å². The van der Waals surface area contributed by atoms with Gasteiger partial charge in [-0.1, -0.05) is 398 Å². The van der Waals surface area contributed by atoms with Crippen LogP contribution in [0.2, 0.25) is 5.04 Å². The number of ether oxygens (including phenoxy) is 6. The number of hydrogen-bond donors (Lipinski definition) is 2. The molecule has 2 saturated heterocycles. The molecule has 3 aromatic carbocycles. The van der Waals surface area contributed by atoms with Crippen LogP contribution in [0.5, 0.6) is 17.2 Å². The van der Waals surface area contributed by atoms with Crippen LogP contribution in [-0.4, -0.2) is 133 Å². The van der Waals surface area contributed by atoms with Gasteiger partial charge in [0.2, 0.25) is 18.2 Å². The summed E-state index contributed by atoms with van der Waals surface area (Å²) in [4.78, 5) is 93.2. The van der Waals surface area contributed by atoms with Crippen molar-refractivity contribution in [3.05, 3.63) is 145 Å². The first kappa shape index (κ1) is 113. The Morgan fingerprint density at radius 3 is 1.41 bits per heavy atom. The van der Waals surface area contributed by atoms with E-state index in [0.29, 0.717) is 54.6 Å². The van der Waals surface area contributed by atoms with Crippen LogP contribution in [0.4, 0.5) is 5.82 Å². The average molecular weight is 1900 g/mol. The monoisotopic (exact) mass is 1900 g/mol. The molecular formula is C107H172N7O16PSSi. The van der Waals surface area contributed by atoms with Crippen LogP contribution in [0.25, 0.3) is 4.85 Å². The molecule has 2 aliphatic heterocycles. The van der Waals surface area contributed by atoms with Gasteiger partial charge >= 0.3 is 24.1 Å². The van der Waals surface area contributed by atoms with Gasteiger partial charge in [0.15, 0.2) is 11.5 Å². The van der Waals surface area contributed by atoms with Crippen molar-refractivity contribution in [2.24, 2.45) is 0 Å². The van der Waals surface area contributed by atoms with E-state index in [1.54, 1.807) is 26.1 Å². The number of likely N-dealkylation sites (N-methyl/N-ethyl adjacent to an activating group) is 1. The molecule has 26 heteroatoms. The second-order valence-corrected chi connectivity index (χ2v) is 46.7. The molecule has 23 nitrogen and oxygen atoms in total. The van der Waals surface area contributed by atoms with Gasteiger partial charge in [-0.15, -0.1) is 0 Å². The minimum atomic E-state index is -4.22. The Labute approximate surface area is 804 Å². The number of nitrogens with one attached hydrogen (secondary N) is 2. The van der Waals surface area contributed by atoms with Gasteiger partial charge in [-0.05, 0) is 77.6 Å². The number of aromatic nitrogens is 4. The first-order chi connectivity index (χ1) is 64.7. The van der Waals surface area contributed by atoms with Gasteiger partial charge in [0, 0.05) is 49.8 Å². The van der Waals surface area contributed by atoms with Gasteiger partial charge in [0.1, 0.15) is 31.0 Å². The molecule has 5 aromatic rings. The lowest BCUT2D eigenvalue weighted by Gasteiger charge is -2.45. The highest BCUT2D eigenvalue weighted by molar-refractivity contribution is 8.55. The molecule has 4 heterocycles. The summed E-state index contributed by atoms with van der Waals surface area (Å²) in [7, 11) is -1.70. The van der Waals surface area contributed by atoms with Crippen molar-refractivity contribution in [3.63, 3.8) is 0 Å². The summed E-state index contributed by atoms with van der Waals surface area (Å²) >= 11 is 0.872. The van der Waals surface area contributed by atoms with E-state index < -0.39 is 85.8 Å². The lowest BCUT2D eigenvalue weighted by Crippen LogP contribution is -2.68. The third-order valence-electron chi connectivity index (χ3n) is 26.1. The Hall–Kier alpha value is -6.88. The van der Waals surface area contributed by atoms with E-state index in [2.05, 4.69) is 85.9 Å². The lowest BCUT2D eigenvalue weighted by atomic mass is 10.0. The minimum absolute atomic E-state index is 0.0134. The number of unbranched alkanes of at least 4 members (excludes halogenated alkanes) is 45. The van der Waals surface area contributed by atoms with Crippen molar-refractivity contribution in [3.8, 4) is 17.2 Å². The highest BCUT2D eigenvalue weighted by atomic mass is 32.7. The first-order valence-electron chi connectivity index (χ1n) is 52.4. The highest BCUT2D eigenvalue weighted by Crippen LogP contribution is 2.63. The van der Waals surface area contributed by atoms with Crippen LogP contribution in [-0.2, 0) is 41.8 Å². The molecule has 0 aliphatic carbocycles. The summed E-state index contributed by atoms with van der Waals surface area (Å²) in [5.41, 5.74) is -1.27. The normalized spacial score (nSPS) is 16.7. The lowest BCUT2D eigenvalue weighted by molar-refractivity contribution is -0.144. The van der Waals surface area contributed by atoms with Gasteiger partial charge in [-0.2, -0.15) is 4.98 Å². The molecular weight excluding hydrogens is 1730 g/mol. The summed E-state index contributed by atoms with van der Waals surface area (Å²) in [6.45, 7) is 21.1. The summed E-state index contributed by atoms with van der Waals surface area (Å²) in [6.07, 6.45) is 59.0. The molecule has 0 radical (unpaired) electrons. The number of esters is 1. The molecule has 0 spiro atoms. The van der Waals surface area contributed by atoms with Crippen LogP contribution in [0.1, 0.15) is 417 Å². The molecule has 2 amide bonds. The van der Waals surface area contributed by atoms with Gasteiger partial charge in [-0.3, -0.25) is 42.3 Å². The average Bonchev–Trinajstić information content (AvgIpc) is 1.72. The highest BCUT2D eigenvalue weighted by Gasteiger charge is 2.55. The molecule has 2 fully saturated rings.